The number of esters is 2. The lowest BCUT2D eigenvalue weighted by Gasteiger charge is -2.24. The summed E-state index contributed by atoms with van der Waals surface area (Å²) in [7, 11) is 1.46. The van der Waals surface area contributed by atoms with Crippen LogP contribution in [0.25, 0.3) is 0 Å². The fraction of sp³-hybridized carbons (Fsp3) is 0.787. The number of hydrogen-bond acceptors (Lipinski definition) is 7. The zero-order valence-electron chi connectivity index (χ0n) is 37.3. The van der Waals surface area contributed by atoms with Gasteiger partial charge in [-0.2, -0.15) is 0 Å². The molecule has 10 heteroatoms. The van der Waals surface area contributed by atoms with Gasteiger partial charge in [0.25, 0.3) is 0 Å². The number of quaternary nitrogens is 1. The average molecular weight is 825 g/mol. The molecule has 9 nitrogen and oxygen atoms in total. The molecule has 0 aromatic carbocycles. The molecule has 0 saturated heterocycles. The van der Waals surface area contributed by atoms with Gasteiger partial charge in [0.05, 0.1) is 27.7 Å². The molecule has 0 saturated carbocycles. The molecular weight excluding hydrogens is 737 g/mol. The van der Waals surface area contributed by atoms with E-state index in [4.69, 9.17) is 18.5 Å². The van der Waals surface area contributed by atoms with Crippen LogP contribution in [0.4, 0.5) is 0 Å². The van der Waals surface area contributed by atoms with Crippen molar-refractivity contribution in [2.75, 3.05) is 47.5 Å². The average Bonchev–Trinajstić information content (AvgIpc) is 3.16. The van der Waals surface area contributed by atoms with E-state index in [9.17, 15) is 19.0 Å². The first-order chi connectivity index (χ1) is 27.5. The second-order valence-corrected chi connectivity index (χ2v) is 17.9. The van der Waals surface area contributed by atoms with Crippen LogP contribution in [0.5, 0.6) is 0 Å². The molecule has 0 aliphatic carbocycles. The van der Waals surface area contributed by atoms with Gasteiger partial charge in [-0.1, -0.05) is 146 Å². The number of allylic oxidation sites excluding steroid dienone is 8. The first-order valence-corrected chi connectivity index (χ1v) is 24.4. The molecule has 0 amide bonds. The summed E-state index contributed by atoms with van der Waals surface area (Å²) >= 11 is 0. The lowest BCUT2D eigenvalue weighted by molar-refractivity contribution is -0.870. The Balaban J connectivity index is 4.38. The molecule has 0 fully saturated rings. The van der Waals surface area contributed by atoms with E-state index >= 15 is 0 Å². The largest absolute Gasteiger partial charge is 0.472 e. The first kappa shape index (κ1) is 55.0. The maximum Gasteiger partial charge on any atom is 0.472 e. The number of hydrogen-bond donors (Lipinski definition) is 1. The van der Waals surface area contributed by atoms with E-state index in [0.29, 0.717) is 17.4 Å². The van der Waals surface area contributed by atoms with Gasteiger partial charge < -0.3 is 18.9 Å². The number of phosphoric acid groups is 1. The summed E-state index contributed by atoms with van der Waals surface area (Å²) in [5.74, 6) is -0.824. The minimum Gasteiger partial charge on any atom is -0.462 e. The number of carbonyl (C=O) groups is 2. The van der Waals surface area contributed by atoms with Crippen molar-refractivity contribution in [2.45, 2.75) is 193 Å². The Hall–Kier alpha value is -2.03. The smallest absolute Gasteiger partial charge is 0.462 e. The number of unbranched alkanes of at least 4 members (excludes halogenated alkanes) is 19. The van der Waals surface area contributed by atoms with Gasteiger partial charge in [0, 0.05) is 12.8 Å². The van der Waals surface area contributed by atoms with Gasteiger partial charge in [0.2, 0.25) is 0 Å². The summed E-state index contributed by atoms with van der Waals surface area (Å²) in [6.45, 7) is 4.35. The van der Waals surface area contributed by atoms with Crippen LogP contribution in [-0.4, -0.2) is 74.9 Å². The van der Waals surface area contributed by atoms with Crippen molar-refractivity contribution in [1.29, 1.82) is 0 Å². The van der Waals surface area contributed by atoms with Crippen LogP contribution in [0.2, 0.25) is 0 Å². The first-order valence-electron chi connectivity index (χ1n) is 22.9. The fourth-order valence-corrected chi connectivity index (χ4v) is 6.70. The topological polar surface area (TPSA) is 108 Å². The van der Waals surface area contributed by atoms with E-state index in [1.165, 1.54) is 77.0 Å². The number of likely N-dealkylation sites (N-methyl/N-ethyl adjacent to an activating group) is 1. The van der Waals surface area contributed by atoms with E-state index in [1.807, 2.05) is 21.1 Å². The molecule has 2 unspecified atom stereocenters. The molecule has 1 N–H and O–H groups in total. The third-order valence-corrected chi connectivity index (χ3v) is 10.6. The van der Waals surface area contributed by atoms with Crippen molar-refractivity contribution >= 4 is 19.8 Å². The van der Waals surface area contributed by atoms with Gasteiger partial charge >= 0.3 is 19.8 Å². The van der Waals surface area contributed by atoms with Crippen LogP contribution < -0.4 is 0 Å². The van der Waals surface area contributed by atoms with Crippen molar-refractivity contribution in [1.82, 2.24) is 0 Å². The molecule has 332 valence electrons. The van der Waals surface area contributed by atoms with Crippen LogP contribution in [0.3, 0.4) is 0 Å². The highest BCUT2D eigenvalue weighted by molar-refractivity contribution is 7.47. The minimum absolute atomic E-state index is 0.0263. The van der Waals surface area contributed by atoms with Gasteiger partial charge in [-0.3, -0.25) is 18.6 Å². The standard InChI is InChI=1S/C47H86NO8P/c1-6-8-10-12-14-16-18-20-22-23-24-26-28-30-32-34-36-38-40-47(50)56-45(44-55-57(51,52)54-42-41-48(3,4)5)43-53-46(49)39-37-35-33-31-29-27-25-21-19-17-15-13-11-9-7-2/h15-18,21-23,25,45H,6-14,19-20,24,26-44H2,1-5H3/p+1/b17-15-,18-16-,23-22-,25-21-. The maximum absolute atomic E-state index is 12.7. The Morgan fingerprint density at radius 1 is 0.544 bits per heavy atom. The number of phosphoric ester groups is 1. The van der Waals surface area contributed by atoms with Crippen LogP contribution >= 0.6 is 7.82 Å². The SMILES string of the molecule is CCCCC/C=C\C/C=C\CCCCCCCC(=O)OCC(COP(=O)(O)OCC[N+](C)(C)C)OC(=O)CCCCCCCCC/C=C\C/C=C\CCCCCC. The molecule has 0 aliphatic rings. The molecule has 0 radical (unpaired) electrons. The summed E-state index contributed by atoms with van der Waals surface area (Å²) in [4.78, 5) is 35.4. The van der Waals surface area contributed by atoms with E-state index in [-0.39, 0.29) is 32.0 Å². The van der Waals surface area contributed by atoms with E-state index in [1.54, 1.807) is 0 Å². The fourth-order valence-electron chi connectivity index (χ4n) is 5.96. The third kappa shape index (κ3) is 43.4. The molecule has 0 bridgehead atoms. The van der Waals surface area contributed by atoms with Crippen molar-refractivity contribution in [2.24, 2.45) is 0 Å². The van der Waals surface area contributed by atoms with E-state index < -0.39 is 26.5 Å². The van der Waals surface area contributed by atoms with Crippen LogP contribution in [-0.2, 0) is 32.7 Å². The van der Waals surface area contributed by atoms with Crippen LogP contribution in [0.1, 0.15) is 187 Å². The van der Waals surface area contributed by atoms with Gasteiger partial charge in [-0.25, -0.2) is 4.57 Å². The molecule has 0 spiro atoms. The Morgan fingerprint density at radius 3 is 1.42 bits per heavy atom. The molecule has 0 aliphatic heterocycles. The van der Waals surface area contributed by atoms with Gasteiger partial charge in [-0.15, -0.1) is 0 Å². The van der Waals surface area contributed by atoms with E-state index in [0.717, 1.165) is 77.0 Å². The Kier molecular flexibility index (Phi) is 38.0. The highest BCUT2D eigenvalue weighted by atomic mass is 31.2. The number of nitrogens with zero attached hydrogens (tertiary/aromatic N) is 1. The van der Waals surface area contributed by atoms with Crippen molar-refractivity contribution in [3.05, 3.63) is 48.6 Å². The Labute approximate surface area is 350 Å². The molecule has 57 heavy (non-hydrogen) atoms. The Morgan fingerprint density at radius 2 is 0.947 bits per heavy atom. The summed E-state index contributed by atoms with van der Waals surface area (Å²) in [6.07, 6.45) is 45.8. The lowest BCUT2D eigenvalue weighted by Crippen LogP contribution is -2.37. The summed E-state index contributed by atoms with van der Waals surface area (Å²) in [5, 5.41) is 0. The van der Waals surface area contributed by atoms with Crippen molar-refractivity contribution in [3.63, 3.8) is 0 Å². The zero-order valence-corrected chi connectivity index (χ0v) is 38.2. The lowest BCUT2D eigenvalue weighted by atomic mass is 10.1. The van der Waals surface area contributed by atoms with Crippen molar-refractivity contribution < 1.29 is 42.1 Å². The highest BCUT2D eigenvalue weighted by Crippen LogP contribution is 2.43. The van der Waals surface area contributed by atoms with Crippen molar-refractivity contribution in [3.8, 4) is 0 Å². The van der Waals surface area contributed by atoms with Crippen LogP contribution in [0.15, 0.2) is 48.6 Å². The second kappa shape index (κ2) is 39.4. The molecule has 0 aromatic heterocycles. The van der Waals surface area contributed by atoms with Gasteiger partial charge in [0.15, 0.2) is 6.10 Å². The number of carbonyl (C=O) groups excluding carboxylic acids is 2. The summed E-state index contributed by atoms with van der Waals surface area (Å²) < 4.78 is 34.3. The van der Waals surface area contributed by atoms with Crippen LogP contribution in [0, 0.1) is 0 Å². The van der Waals surface area contributed by atoms with Gasteiger partial charge in [-0.05, 0) is 77.0 Å². The quantitative estimate of drug-likeness (QED) is 0.0213. The maximum atomic E-state index is 12.7. The minimum atomic E-state index is -4.38. The van der Waals surface area contributed by atoms with E-state index in [2.05, 4.69) is 62.5 Å². The Bertz CT molecular complexity index is 1110. The third-order valence-electron chi connectivity index (χ3n) is 9.58. The summed E-state index contributed by atoms with van der Waals surface area (Å²) in [6, 6.07) is 0. The normalized spacial score (nSPS) is 14.0. The predicted molar refractivity (Wildman–Crippen MR) is 238 cm³/mol. The van der Waals surface area contributed by atoms with Gasteiger partial charge in [0.1, 0.15) is 19.8 Å². The number of ether oxygens (including phenoxy) is 2. The monoisotopic (exact) mass is 825 g/mol. The molecule has 2 atom stereocenters. The molecule has 0 aromatic rings. The number of rotatable bonds is 41. The second-order valence-electron chi connectivity index (χ2n) is 16.4. The zero-order chi connectivity index (χ0) is 42.1. The predicted octanol–water partition coefficient (Wildman–Crippen LogP) is 13.1. The molecule has 0 heterocycles. The molecule has 0 rings (SSSR count). The highest BCUT2D eigenvalue weighted by Gasteiger charge is 2.27. The molecular formula is C47H87NO8P+. The summed E-state index contributed by atoms with van der Waals surface area (Å²) in [5.41, 5.74) is 0.